The summed E-state index contributed by atoms with van der Waals surface area (Å²) < 4.78 is 14.2. The van der Waals surface area contributed by atoms with E-state index < -0.39 is 4.92 Å². The Balaban J connectivity index is 1.93. The normalized spacial score (nSPS) is 11.2. The number of hydrogen-bond donors (Lipinski definition) is 1. The van der Waals surface area contributed by atoms with Crippen LogP contribution in [0.3, 0.4) is 0 Å². The molecule has 0 bridgehead atoms. The highest BCUT2D eigenvalue weighted by molar-refractivity contribution is 5.68. The molecule has 3 aromatic rings. The van der Waals surface area contributed by atoms with Gasteiger partial charge in [0.2, 0.25) is 0 Å². The van der Waals surface area contributed by atoms with Crippen LogP contribution in [0.4, 0.5) is 15.8 Å². The van der Waals surface area contributed by atoms with E-state index in [1.54, 1.807) is 24.3 Å². The molecule has 7 heteroatoms. The van der Waals surface area contributed by atoms with Gasteiger partial charge in [-0.3, -0.25) is 10.1 Å². The molecule has 0 spiro atoms. The Morgan fingerprint density at radius 2 is 1.63 bits per heavy atom. The predicted octanol–water partition coefficient (Wildman–Crippen LogP) is 4.92. The molecular formula is C23H17FN4O2. The first-order chi connectivity index (χ1) is 14.5. The van der Waals surface area contributed by atoms with Gasteiger partial charge < -0.3 is 5.32 Å². The molecule has 1 N–H and O–H groups in total. The van der Waals surface area contributed by atoms with Crippen LogP contribution in [0.2, 0.25) is 0 Å². The third-order valence-corrected chi connectivity index (χ3v) is 4.81. The average Bonchev–Trinajstić information content (AvgIpc) is 2.77. The standard InChI is InChI=1S/C23H17FN4O2/c24-21-9-5-4-8-17(21)10-20(16-6-2-1-3-7-16)15-27-22-11-18(13-25)19(14-26)12-23(22)28(29)30/h1-9,11-12,20,27H,10,15H2/t20-/m0/s1. The number of nitrogens with one attached hydrogen (secondary N) is 1. The highest BCUT2D eigenvalue weighted by atomic mass is 19.1. The number of benzene rings is 3. The molecule has 148 valence electrons. The van der Waals surface area contributed by atoms with Crippen LogP contribution in [0.25, 0.3) is 0 Å². The van der Waals surface area contributed by atoms with E-state index in [9.17, 15) is 19.8 Å². The van der Waals surface area contributed by atoms with Crippen molar-refractivity contribution in [3.05, 3.63) is 105 Å². The van der Waals surface area contributed by atoms with Crippen molar-refractivity contribution in [3.63, 3.8) is 0 Å². The summed E-state index contributed by atoms with van der Waals surface area (Å²) in [6.45, 7) is 0.274. The van der Waals surface area contributed by atoms with Crippen molar-refractivity contribution >= 4 is 11.4 Å². The molecule has 3 rings (SSSR count). The maximum absolute atomic E-state index is 14.2. The third-order valence-electron chi connectivity index (χ3n) is 4.81. The number of rotatable bonds is 7. The number of anilines is 1. The molecule has 0 heterocycles. The topological polar surface area (TPSA) is 103 Å². The average molecular weight is 400 g/mol. The van der Waals surface area contributed by atoms with E-state index >= 15 is 0 Å². The van der Waals surface area contributed by atoms with Gasteiger partial charge in [0.05, 0.1) is 16.1 Å². The van der Waals surface area contributed by atoms with E-state index in [0.29, 0.717) is 12.0 Å². The van der Waals surface area contributed by atoms with Gasteiger partial charge in [0.15, 0.2) is 0 Å². The number of halogens is 1. The van der Waals surface area contributed by atoms with Crippen molar-refractivity contribution in [1.82, 2.24) is 0 Å². The Bertz CT molecular complexity index is 1150. The summed E-state index contributed by atoms with van der Waals surface area (Å²) in [6, 6.07) is 22.0. The Hall–Kier alpha value is -4.23. The Kier molecular flexibility index (Phi) is 6.36. The van der Waals surface area contributed by atoms with Crippen molar-refractivity contribution in [1.29, 1.82) is 10.5 Å². The molecule has 0 saturated heterocycles. The van der Waals surface area contributed by atoms with E-state index in [1.165, 1.54) is 12.1 Å². The lowest BCUT2D eigenvalue weighted by Crippen LogP contribution is -2.16. The summed E-state index contributed by atoms with van der Waals surface area (Å²) in [6.07, 6.45) is 0.388. The van der Waals surface area contributed by atoms with Crippen LogP contribution >= 0.6 is 0 Å². The molecule has 0 fully saturated rings. The maximum Gasteiger partial charge on any atom is 0.293 e. The molecule has 0 aromatic heterocycles. The fraction of sp³-hybridized carbons (Fsp3) is 0.130. The minimum atomic E-state index is -0.598. The van der Waals surface area contributed by atoms with Crippen molar-refractivity contribution < 1.29 is 9.31 Å². The summed E-state index contributed by atoms with van der Waals surface area (Å²) in [4.78, 5) is 10.9. The second-order valence-corrected chi connectivity index (χ2v) is 6.68. The molecule has 0 aliphatic heterocycles. The third kappa shape index (κ3) is 4.60. The number of nitrogens with zero attached hydrogens (tertiary/aromatic N) is 3. The van der Waals surface area contributed by atoms with Crippen LogP contribution in [0.5, 0.6) is 0 Å². The Morgan fingerprint density at radius 3 is 2.27 bits per heavy atom. The Labute approximate surface area is 173 Å². The van der Waals surface area contributed by atoms with Gasteiger partial charge in [0, 0.05) is 18.5 Å². The lowest BCUT2D eigenvalue weighted by Gasteiger charge is -2.19. The van der Waals surface area contributed by atoms with Gasteiger partial charge in [-0.1, -0.05) is 48.5 Å². The van der Waals surface area contributed by atoms with E-state index in [2.05, 4.69) is 5.32 Å². The van der Waals surface area contributed by atoms with Gasteiger partial charge in [-0.15, -0.1) is 0 Å². The second kappa shape index (κ2) is 9.31. The van der Waals surface area contributed by atoms with Crippen LogP contribution in [-0.4, -0.2) is 11.5 Å². The van der Waals surface area contributed by atoms with Gasteiger partial charge in [-0.05, 0) is 29.7 Å². The molecule has 1 atom stereocenters. The second-order valence-electron chi connectivity index (χ2n) is 6.68. The number of hydrogen-bond acceptors (Lipinski definition) is 5. The summed E-state index contributed by atoms with van der Waals surface area (Å²) in [7, 11) is 0. The summed E-state index contributed by atoms with van der Waals surface area (Å²) in [5.41, 5.74) is 1.34. The van der Waals surface area contributed by atoms with Crippen LogP contribution in [0, 0.1) is 38.6 Å². The van der Waals surface area contributed by atoms with E-state index in [-0.39, 0.29) is 40.8 Å². The molecule has 0 aliphatic carbocycles. The summed E-state index contributed by atoms with van der Waals surface area (Å²) in [5.74, 6) is -0.488. The highest BCUT2D eigenvalue weighted by Gasteiger charge is 2.21. The van der Waals surface area contributed by atoms with E-state index in [0.717, 1.165) is 11.6 Å². The van der Waals surface area contributed by atoms with Crippen LogP contribution in [-0.2, 0) is 6.42 Å². The number of nitro benzene ring substituents is 1. The molecule has 0 amide bonds. The molecule has 30 heavy (non-hydrogen) atoms. The van der Waals surface area contributed by atoms with Gasteiger partial charge in [-0.2, -0.15) is 10.5 Å². The maximum atomic E-state index is 14.2. The van der Waals surface area contributed by atoms with Gasteiger partial charge in [0.25, 0.3) is 5.69 Å². The minimum absolute atomic E-state index is 0.0518. The van der Waals surface area contributed by atoms with Crippen molar-refractivity contribution in [2.24, 2.45) is 0 Å². The predicted molar refractivity (Wildman–Crippen MR) is 110 cm³/mol. The molecule has 0 unspecified atom stereocenters. The minimum Gasteiger partial charge on any atom is -0.379 e. The molecule has 6 nitrogen and oxygen atoms in total. The van der Waals surface area contributed by atoms with Crippen molar-refractivity contribution in [2.45, 2.75) is 12.3 Å². The largest absolute Gasteiger partial charge is 0.379 e. The first kappa shape index (κ1) is 20.5. The summed E-state index contributed by atoms with van der Waals surface area (Å²) >= 11 is 0. The molecular weight excluding hydrogens is 383 g/mol. The van der Waals surface area contributed by atoms with Gasteiger partial charge in [-0.25, -0.2) is 4.39 Å². The lowest BCUT2D eigenvalue weighted by atomic mass is 9.91. The van der Waals surface area contributed by atoms with Gasteiger partial charge in [0.1, 0.15) is 23.6 Å². The van der Waals surface area contributed by atoms with Crippen LogP contribution in [0.15, 0.2) is 66.7 Å². The quantitative estimate of drug-likeness (QED) is 0.448. The molecule has 0 aliphatic rings. The zero-order valence-corrected chi connectivity index (χ0v) is 15.9. The number of nitriles is 2. The van der Waals surface area contributed by atoms with Crippen molar-refractivity contribution in [3.8, 4) is 12.1 Å². The zero-order chi connectivity index (χ0) is 21.5. The monoisotopic (exact) mass is 400 g/mol. The molecule has 3 aromatic carbocycles. The van der Waals surface area contributed by atoms with E-state index in [4.69, 9.17) is 5.26 Å². The van der Waals surface area contributed by atoms with E-state index in [1.807, 2.05) is 36.4 Å². The van der Waals surface area contributed by atoms with Crippen LogP contribution in [0.1, 0.15) is 28.2 Å². The summed E-state index contributed by atoms with van der Waals surface area (Å²) in [5, 5.41) is 32.9. The zero-order valence-electron chi connectivity index (χ0n) is 15.9. The van der Waals surface area contributed by atoms with Crippen LogP contribution < -0.4 is 5.32 Å². The molecule has 0 radical (unpaired) electrons. The lowest BCUT2D eigenvalue weighted by molar-refractivity contribution is -0.384. The first-order valence-electron chi connectivity index (χ1n) is 9.18. The van der Waals surface area contributed by atoms with Gasteiger partial charge >= 0.3 is 0 Å². The SMILES string of the molecule is N#Cc1cc(NC[C@H](Cc2ccccc2F)c2ccccc2)c([N+](=O)[O-])cc1C#N. The Morgan fingerprint density at radius 1 is 1.00 bits per heavy atom. The highest BCUT2D eigenvalue weighted by Crippen LogP contribution is 2.30. The number of nitro groups is 1. The van der Waals surface area contributed by atoms with Crippen molar-refractivity contribution in [2.75, 3.05) is 11.9 Å². The molecule has 0 saturated carbocycles. The fourth-order valence-electron chi connectivity index (χ4n) is 3.26. The fourth-order valence-corrected chi connectivity index (χ4v) is 3.26. The first-order valence-corrected chi connectivity index (χ1v) is 9.18. The smallest absolute Gasteiger partial charge is 0.293 e.